The Bertz CT molecular complexity index is 587. The van der Waals surface area contributed by atoms with E-state index in [9.17, 15) is 4.39 Å². The summed E-state index contributed by atoms with van der Waals surface area (Å²) in [4.78, 5) is 4.24. The second-order valence-electron chi connectivity index (χ2n) is 5.36. The Morgan fingerprint density at radius 3 is 2.62 bits per heavy atom. The number of halogens is 1. The highest BCUT2D eigenvalue weighted by Crippen LogP contribution is 2.23. The molecule has 0 aliphatic carbocycles. The van der Waals surface area contributed by atoms with Crippen molar-refractivity contribution in [3.63, 3.8) is 0 Å². The molecule has 0 spiro atoms. The fourth-order valence-corrected chi connectivity index (χ4v) is 2.13. The van der Waals surface area contributed by atoms with E-state index in [1.807, 2.05) is 45.0 Å². The standard InChI is InChI=1S/C17H21FN2O/c1-12(2)21-17-16(9-6-10-19-17)20-13(3)11-14-7-4-5-8-15(14)18/h4-10,12-13,20H,11H2,1-3H3. The number of anilines is 1. The smallest absolute Gasteiger partial charge is 0.237 e. The number of rotatable bonds is 6. The Morgan fingerprint density at radius 2 is 1.90 bits per heavy atom. The van der Waals surface area contributed by atoms with E-state index in [4.69, 9.17) is 4.74 Å². The molecule has 0 bridgehead atoms. The van der Waals surface area contributed by atoms with Gasteiger partial charge in [-0.3, -0.25) is 0 Å². The molecule has 0 saturated heterocycles. The Labute approximate surface area is 125 Å². The molecular weight excluding hydrogens is 267 g/mol. The lowest BCUT2D eigenvalue weighted by atomic mass is 10.1. The van der Waals surface area contributed by atoms with Gasteiger partial charge in [0, 0.05) is 12.2 Å². The highest BCUT2D eigenvalue weighted by molar-refractivity contribution is 5.52. The van der Waals surface area contributed by atoms with Gasteiger partial charge in [-0.05, 0) is 51.0 Å². The van der Waals surface area contributed by atoms with Crippen molar-refractivity contribution in [3.8, 4) is 5.88 Å². The fraction of sp³-hybridized carbons (Fsp3) is 0.353. The number of benzene rings is 1. The predicted octanol–water partition coefficient (Wildman–Crippen LogP) is 4.05. The van der Waals surface area contributed by atoms with E-state index in [0.29, 0.717) is 17.9 Å². The maximum Gasteiger partial charge on any atom is 0.237 e. The van der Waals surface area contributed by atoms with Crippen molar-refractivity contribution in [2.24, 2.45) is 0 Å². The zero-order chi connectivity index (χ0) is 15.2. The Balaban J connectivity index is 2.06. The third-order valence-electron chi connectivity index (χ3n) is 3.00. The van der Waals surface area contributed by atoms with Crippen molar-refractivity contribution in [2.45, 2.75) is 39.3 Å². The van der Waals surface area contributed by atoms with E-state index in [1.165, 1.54) is 6.07 Å². The molecule has 1 heterocycles. The molecule has 0 fully saturated rings. The normalized spacial score (nSPS) is 12.2. The quantitative estimate of drug-likeness (QED) is 0.870. The number of nitrogens with one attached hydrogen (secondary N) is 1. The van der Waals surface area contributed by atoms with Crippen LogP contribution in [0.25, 0.3) is 0 Å². The molecule has 1 unspecified atom stereocenters. The molecule has 4 heteroatoms. The van der Waals surface area contributed by atoms with Crippen LogP contribution in [0.2, 0.25) is 0 Å². The van der Waals surface area contributed by atoms with Gasteiger partial charge in [-0.1, -0.05) is 18.2 Å². The van der Waals surface area contributed by atoms with Crippen molar-refractivity contribution in [1.29, 1.82) is 0 Å². The van der Waals surface area contributed by atoms with Crippen LogP contribution < -0.4 is 10.1 Å². The summed E-state index contributed by atoms with van der Waals surface area (Å²) >= 11 is 0. The average Bonchev–Trinajstić information content (AvgIpc) is 2.43. The molecule has 0 radical (unpaired) electrons. The topological polar surface area (TPSA) is 34.2 Å². The highest BCUT2D eigenvalue weighted by atomic mass is 19.1. The van der Waals surface area contributed by atoms with Gasteiger partial charge in [0.1, 0.15) is 5.82 Å². The van der Waals surface area contributed by atoms with Crippen molar-refractivity contribution < 1.29 is 9.13 Å². The summed E-state index contributed by atoms with van der Waals surface area (Å²) in [6, 6.07) is 10.7. The number of pyridine rings is 1. The fourth-order valence-electron chi connectivity index (χ4n) is 2.13. The Hall–Kier alpha value is -2.10. The molecule has 0 aliphatic heterocycles. The first-order valence-electron chi connectivity index (χ1n) is 7.18. The molecule has 1 aromatic heterocycles. The maximum atomic E-state index is 13.7. The molecule has 0 aliphatic rings. The number of hydrogen-bond donors (Lipinski definition) is 1. The molecule has 2 rings (SSSR count). The molecule has 0 saturated carbocycles. The summed E-state index contributed by atoms with van der Waals surface area (Å²) in [6.07, 6.45) is 2.36. The predicted molar refractivity (Wildman–Crippen MR) is 83.2 cm³/mol. The minimum absolute atomic E-state index is 0.0577. The number of aromatic nitrogens is 1. The molecule has 1 aromatic carbocycles. The summed E-state index contributed by atoms with van der Waals surface area (Å²) in [5.74, 6) is 0.406. The van der Waals surface area contributed by atoms with E-state index in [2.05, 4.69) is 10.3 Å². The van der Waals surface area contributed by atoms with Gasteiger partial charge >= 0.3 is 0 Å². The second-order valence-corrected chi connectivity index (χ2v) is 5.36. The minimum Gasteiger partial charge on any atom is -0.473 e. The molecule has 0 amide bonds. The van der Waals surface area contributed by atoms with Gasteiger partial charge in [0.15, 0.2) is 0 Å². The highest BCUT2D eigenvalue weighted by Gasteiger charge is 2.11. The summed E-state index contributed by atoms with van der Waals surface area (Å²) in [6.45, 7) is 5.93. The first kappa shape index (κ1) is 15.3. The van der Waals surface area contributed by atoms with Crippen LogP contribution >= 0.6 is 0 Å². The van der Waals surface area contributed by atoms with Gasteiger partial charge in [0.2, 0.25) is 5.88 Å². The van der Waals surface area contributed by atoms with Crippen LogP contribution in [0.5, 0.6) is 5.88 Å². The molecule has 112 valence electrons. The van der Waals surface area contributed by atoms with E-state index >= 15 is 0 Å². The van der Waals surface area contributed by atoms with Crippen LogP contribution in [0.3, 0.4) is 0 Å². The van der Waals surface area contributed by atoms with Gasteiger partial charge < -0.3 is 10.1 Å². The van der Waals surface area contributed by atoms with Crippen LogP contribution in [-0.2, 0) is 6.42 Å². The average molecular weight is 288 g/mol. The lowest BCUT2D eigenvalue weighted by molar-refractivity contribution is 0.234. The maximum absolute atomic E-state index is 13.7. The summed E-state index contributed by atoms with van der Waals surface area (Å²) in [5.41, 5.74) is 1.53. The zero-order valence-electron chi connectivity index (χ0n) is 12.6. The third kappa shape index (κ3) is 4.45. The van der Waals surface area contributed by atoms with Crippen molar-refractivity contribution in [2.75, 3.05) is 5.32 Å². The van der Waals surface area contributed by atoms with Gasteiger partial charge in [-0.25, -0.2) is 9.37 Å². The van der Waals surface area contributed by atoms with Crippen LogP contribution in [0.4, 0.5) is 10.1 Å². The molecule has 2 aromatic rings. The van der Waals surface area contributed by atoms with Crippen LogP contribution in [0.1, 0.15) is 26.3 Å². The van der Waals surface area contributed by atoms with E-state index in [-0.39, 0.29) is 18.0 Å². The van der Waals surface area contributed by atoms with E-state index in [1.54, 1.807) is 12.3 Å². The largest absolute Gasteiger partial charge is 0.473 e. The summed E-state index contributed by atoms with van der Waals surface area (Å²) in [7, 11) is 0. The van der Waals surface area contributed by atoms with Crippen LogP contribution in [0, 0.1) is 5.82 Å². The lowest BCUT2D eigenvalue weighted by Gasteiger charge is -2.19. The number of nitrogens with zero attached hydrogens (tertiary/aromatic N) is 1. The number of hydrogen-bond acceptors (Lipinski definition) is 3. The van der Waals surface area contributed by atoms with E-state index < -0.39 is 0 Å². The third-order valence-corrected chi connectivity index (χ3v) is 3.00. The molecule has 1 atom stereocenters. The number of ether oxygens (including phenoxy) is 1. The van der Waals surface area contributed by atoms with Crippen LogP contribution in [0.15, 0.2) is 42.6 Å². The SMILES string of the molecule is CC(Cc1ccccc1F)Nc1cccnc1OC(C)C. The molecular formula is C17H21FN2O. The van der Waals surface area contributed by atoms with E-state index in [0.717, 1.165) is 5.69 Å². The first-order valence-corrected chi connectivity index (χ1v) is 7.18. The van der Waals surface area contributed by atoms with Crippen molar-refractivity contribution in [3.05, 3.63) is 54.0 Å². The van der Waals surface area contributed by atoms with Crippen molar-refractivity contribution in [1.82, 2.24) is 4.98 Å². The van der Waals surface area contributed by atoms with Crippen LogP contribution in [-0.4, -0.2) is 17.1 Å². The summed E-state index contributed by atoms with van der Waals surface area (Å²) < 4.78 is 19.3. The lowest BCUT2D eigenvalue weighted by Crippen LogP contribution is -2.20. The second kappa shape index (κ2) is 7.07. The van der Waals surface area contributed by atoms with Gasteiger partial charge in [0.25, 0.3) is 0 Å². The minimum atomic E-state index is -0.170. The van der Waals surface area contributed by atoms with Gasteiger partial charge in [-0.2, -0.15) is 0 Å². The Kier molecular flexibility index (Phi) is 5.14. The summed E-state index contributed by atoms with van der Waals surface area (Å²) in [5, 5.41) is 3.34. The first-order chi connectivity index (χ1) is 10.1. The molecule has 1 N–H and O–H groups in total. The van der Waals surface area contributed by atoms with Gasteiger partial charge in [0.05, 0.1) is 11.8 Å². The van der Waals surface area contributed by atoms with Crippen molar-refractivity contribution >= 4 is 5.69 Å². The molecule has 21 heavy (non-hydrogen) atoms. The zero-order valence-corrected chi connectivity index (χ0v) is 12.6. The van der Waals surface area contributed by atoms with Gasteiger partial charge in [-0.15, -0.1) is 0 Å². The Morgan fingerprint density at radius 1 is 1.14 bits per heavy atom. The molecule has 3 nitrogen and oxygen atoms in total. The monoisotopic (exact) mass is 288 g/mol.